The molecule has 0 aliphatic rings. The van der Waals surface area contributed by atoms with Crippen molar-refractivity contribution in [3.05, 3.63) is 48.6 Å². The van der Waals surface area contributed by atoms with E-state index in [2.05, 4.69) is 11.7 Å². The zero-order chi connectivity index (χ0) is 12.7. The molecule has 1 unspecified atom stereocenters. The fraction of sp³-hybridized carbons (Fsp3) is 0.231. The highest BCUT2D eigenvalue weighted by molar-refractivity contribution is 5.90. The second kappa shape index (κ2) is 6.60. The number of aliphatic hydroxyl groups excluding tert-OH is 1. The summed E-state index contributed by atoms with van der Waals surface area (Å²) in [4.78, 5) is 16.2. The largest absolute Gasteiger partial charge is 0.389 e. The van der Waals surface area contributed by atoms with Crippen LogP contribution in [0.1, 0.15) is 23.7 Å². The second-order valence-corrected chi connectivity index (χ2v) is 3.58. The Morgan fingerprint density at radius 1 is 1.53 bits per heavy atom. The van der Waals surface area contributed by atoms with Crippen LogP contribution in [0, 0.1) is 0 Å². The van der Waals surface area contributed by atoms with Gasteiger partial charge in [0.1, 0.15) is 0 Å². The molecular weight excluding hydrogens is 218 g/mol. The van der Waals surface area contributed by atoms with Crippen LogP contribution in [0.25, 0.3) is 0 Å². The predicted octanol–water partition coefficient (Wildman–Crippen LogP) is 2.16. The molecular formula is C13H15NO3. The van der Waals surface area contributed by atoms with E-state index in [0.29, 0.717) is 17.7 Å². The van der Waals surface area contributed by atoms with Crippen LogP contribution in [0.4, 0.5) is 0 Å². The Labute approximate surface area is 100 Å². The fourth-order valence-electron chi connectivity index (χ4n) is 1.17. The van der Waals surface area contributed by atoms with Gasteiger partial charge in [-0.3, -0.25) is 0 Å². The molecule has 4 nitrogen and oxygen atoms in total. The lowest BCUT2D eigenvalue weighted by Crippen LogP contribution is -2.09. The molecule has 0 aromatic heterocycles. The van der Waals surface area contributed by atoms with Crippen molar-refractivity contribution in [1.82, 2.24) is 0 Å². The van der Waals surface area contributed by atoms with E-state index >= 15 is 0 Å². The molecule has 90 valence electrons. The first kappa shape index (κ1) is 13.1. The fourth-order valence-corrected chi connectivity index (χ4v) is 1.17. The number of aliphatic hydroxyl groups is 1. The molecule has 1 N–H and O–H groups in total. The SMILES string of the molecule is C=CC(O)CC(C)=NOC(=O)c1ccccc1. The van der Waals surface area contributed by atoms with E-state index in [1.807, 2.05) is 6.07 Å². The zero-order valence-electron chi connectivity index (χ0n) is 9.67. The summed E-state index contributed by atoms with van der Waals surface area (Å²) in [6.45, 7) is 5.12. The van der Waals surface area contributed by atoms with Gasteiger partial charge in [-0.2, -0.15) is 0 Å². The van der Waals surface area contributed by atoms with E-state index in [0.717, 1.165) is 0 Å². The molecule has 0 bridgehead atoms. The number of oxime groups is 1. The van der Waals surface area contributed by atoms with Gasteiger partial charge in [-0.15, -0.1) is 6.58 Å². The summed E-state index contributed by atoms with van der Waals surface area (Å²) in [5, 5.41) is 12.9. The van der Waals surface area contributed by atoms with E-state index < -0.39 is 12.1 Å². The van der Waals surface area contributed by atoms with E-state index in [1.165, 1.54) is 6.08 Å². The second-order valence-electron chi connectivity index (χ2n) is 3.58. The maximum absolute atomic E-state index is 11.5. The van der Waals surface area contributed by atoms with Crippen molar-refractivity contribution in [2.24, 2.45) is 5.16 Å². The summed E-state index contributed by atoms with van der Waals surface area (Å²) in [5.74, 6) is -0.516. The third-order valence-corrected chi connectivity index (χ3v) is 2.07. The van der Waals surface area contributed by atoms with Gasteiger partial charge in [-0.25, -0.2) is 4.79 Å². The number of carbonyl (C=O) groups excluding carboxylic acids is 1. The first-order valence-electron chi connectivity index (χ1n) is 5.24. The van der Waals surface area contributed by atoms with Crippen LogP contribution in [0.2, 0.25) is 0 Å². The standard InChI is InChI=1S/C13H15NO3/c1-3-12(15)9-10(2)14-17-13(16)11-7-5-4-6-8-11/h3-8,12,15H,1,9H2,2H3. The Kier molecular flexibility index (Phi) is 5.10. The smallest absolute Gasteiger partial charge is 0.365 e. The third-order valence-electron chi connectivity index (χ3n) is 2.07. The highest BCUT2D eigenvalue weighted by Gasteiger charge is 2.06. The minimum Gasteiger partial charge on any atom is -0.389 e. The molecule has 0 spiro atoms. The average Bonchev–Trinajstić information content (AvgIpc) is 2.36. The zero-order valence-corrected chi connectivity index (χ0v) is 9.67. The maximum Gasteiger partial charge on any atom is 0.365 e. The molecule has 0 amide bonds. The molecule has 0 aliphatic carbocycles. The Bertz CT molecular complexity index is 412. The van der Waals surface area contributed by atoms with E-state index in [4.69, 9.17) is 4.84 Å². The van der Waals surface area contributed by atoms with Crippen LogP contribution >= 0.6 is 0 Å². The quantitative estimate of drug-likeness (QED) is 0.367. The molecule has 1 rings (SSSR count). The van der Waals surface area contributed by atoms with E-state index in [9.17, 15) is 9.90 Å². The van der Waals surface area contributed by atoms with Gasteiger partial charge in [0, 0.05) is 6.42 Å². The first-order valence-corrected chi connectivity index (χ1v) is 5.24. The van der Waals surface area contributed by atoms with Crippen LogP contribution in [-0.4, -0.2) is 22.9 Å². The summed E-state index contributed by atoms with van der Waals surface area (Å²) in [6.07, 6.45) is 1.03. The van der Waals surface area contributed by atoms with Crippen LogP contribution in [-0.2, 0) is 4.84 Å². The van der Waals surface area contributed by atoms with Crippen molar-refractivity contribution in [3.8, 4) is 0 Å². The van der Waals surface area contributed by atoms with Crippen molar-refractivity contribution in [2.45, 2.75) is 19.4 Å². The summed E-state index contributed by atoms with van der Waals surface area (Å²) < 4.78 is 0. The van der Waals surface area contributed by atoms with Gasteiger partial charge in [0.2, 0.25) is 0 Å². The molecule has 1 atom stereocenters. The summed E-state index contributed by atoms with van der Waals surface area (Å²) >= 11 is 0. The normalized spacial score (nSPS) is 12.9. The number of hydrogen-bond donors (Lipinski definition) is 1. The average molecular weight is 233 g/mol. The number of rotatable bonds is 5. The third kappa shape index (κ3) is 4.61. The molecule has 0 fully saturated rings. The lowest BCUT2D eigenvalue weighted by atomic mass is 10.2. The van der Waals surface area contributed by atoms with Crippen molar-refractivity contribution in [2.75, 3.05) is 0 Å². The Hall–Kier alpha value is -1.94. The summed E-state index contributed by atoms with van der Waals surface area (Å²) in [7, 11) is 0. The van der Waals surface area contributed by atoms with Gasteiger partial charge >= 0.3 is 5.97 Å². The van der Waals surface area contributed by atoms with Crippen LogP contribution in [0.3, 0.4) is 0 Å². The van der Waals surface area contributed by atoms with Crippen molar-refractivity contribution in [3.63, 3.8) is 0 Å². The van der Waals surface area contributed by atoms with Crippen LogP contribution in [0.15, 0.2) is 48.1 Å². The lowest BCUT2D eigenvalue weighted by molar-refractivity contribution is 0.0513. The number of carbonyl (C=O) groups is 1. The van der Waals surface area contributed by atoms with Crippen molar-refractivity contribution in [1.29, 1.82) is 0 Å². The Morgan fingerprint density at radius 2 is 2.18 bits per heavy atom. The van der Waals surface area contributed by atoms with Gasteiger partial charge < -0.3 is 9.94 Å². The highest BCUT2D eigenvalue weighted by Crippen LogP contribution is 2.02. The predicted molar refractivity (Wildman–Crippen MR) is 65.8 cm³/mol. The van der Waals surface area contributed by atoms with Crippen molar-refractivity contribution >= 4 is 11.7 Å². The molecule has 0 saturated heterocycles. The van der Waals surface area contributed by atoms with E-state index in [-0.39, 0.29) is 0 Å². The van der Waals surface area contributed by atoms with E-state index in [1.54, 1.807) is 31.2 Å². The molecule has 4 heteroatoms. The van der Waals surface area contributed by atoms with Gasteiger partial charge in [0.25, 0.3) is 0 Å². The first-order chi connectivity index (χ1) is 8.13. The van der Waals surface area contributed by atoms with Crippen molar-refractivity contribution < 1.29 is 14.7 Å². The Balaban J connectivity index is 2.53. The van der Waals surface area contributed by atoms with Gasteiger partial charge in [-0.05, 0) is 19.1 Å². The number of hydrogen-bond acceptors (Lipinski definition) is 4. The molecule has 0 radical (unpaired) electrons. The molecule has 17 heavy (non-hydrogen) atoms. The molecule has 1 aromatic rings. The summed E-state index contributed by atoms with van der Waals surface area (Å²) in [5.41, 5.74) is 0.968. The molecule has 1 aromatic carbocycles. The molecule has 0 heterocycles. The topological polar surface area (TPSA) is 58.9 Å². The van der Waals surface area contributed by atoms with Gasteiger partial charge in [-0.1, -0.05) is 29.4 Å². The van der Waals surface area contributed by atoms with Crippen LogP contribution in [0.5, 0.6) is 0 Å². The number of benzene rings is 1. The minimum absolute atomic E-state index is 0.297. The minimum atomic E-state index is -0.672. The van der Waals surface area contributed by atoms with Crippen LogP contribution < -0.4 is 0 Å². The van der Waals surface area contributed by atoms with Gasteiger partial charge in [0.05, 0.1) is 17.4 Å². The highest BCUT2D eigenvalue weighted by atomic mass is 16.7. The maximum atomic E-state index is 11.5. The molecule has 0 saturated carbocycles. The monoisotopic (exact) mass is 233 g/mol. The summed E-state index contributed by atoms with van der Waals surface area (Å²) in [6, 6.07) is 8.59. The molecule has 0 aliphatic heterocycles. The van der Waals surface area contributed by atoms with Gasteiger partial charge in [0.15, 0.2) is 0 Å². The lowest BCUT2D eigenvalue weighted by Gasteiger charge is -2.03. The Morgan fingerprint density at radius 3 is 2.76 bits per heavy atom. The number of nitrogens with zero attached hydrogens (tertiary/aromatic N) is 1.